The summed E-state index contributed by atoms with van der Waals surface area (Å²) in [4.78, 5) is 83.3. The standard InChI is InChI=1S/C22H37N11O7/c23-12(8-11-9-28-10-30-11)18(36)31-14(3-5-16(24)34)20(38)32-13(2-1-7-29-22(26)27)19(37)33-15(21(39)40)4-6-17(25)35/h9-10,12-15H,1-8,23H2,(H2,24,34)(H2,25,35)(H,28,30)(H,31,36)(H,32,38)(H,33,37)(H,39,40)(H4,26,27,29). The molecule has 18 nitrogen and oxygen atoms in total. The molecule has 0 aliphatic carbocycles. The number of hydrogen-bond acceptors (Lipinski definition) is 9. The minimum atomic E-state index is -1.47. The summed E-state index contributed by atoms with van der Waals surface area (Å²) >= 11 is 0. The highest BCUT2D eigenvalue weighted by Gasteiger charge is 2.30. The number of rotatable bonds is 19. The maximum absolute atomic E-state index is 13.2. The van der Waals surface area contributed by atoms with Crippen molar-refractivity contribution in [1.29, 1.82) is 0 Å². The van der Waals surface area contributed by atoms with Gasteiger partial charge in [-0.05, 0) is 25.7 Å². The number of nitrogens with zero attached hydrogens (tertiary/aromatic N) is 2. The number of imidazole rings is 1. The zero-order valence-electron chi connectivity index (χ0n) is 21.8. The summed E-state index contributed by atoms with van der Waals surface area (Å²) in [5.74, 6) is -5.56. The number of H-pyrrole nitrogens is 1. The van der Waals surface area contributed by atoms with Crippen molar-refractivity contribution in [3.63, 3.8) is 0 Å². The molecule has 15 N–H and O–H groups in total. The maximum Gasteiger partial charge on any atom is 0.326 e. The monoisotopic (exact) mass is 567 g/mol. The average molecular weight is 568 g/mol. The number of carboxylic acid groups (broad SMARTS) is 1. The summed E-state index contributed by atoms with van der Waals surface area (Å²) < 4.78 is 0. The van der Waals surface area contributed by atoms with Crippen LogP contribution < -0.4 is 44.6 Å². The summed E-state index contributed by atoms with van der Waals surface area (Å²) in [6.45, 7) is 0.0936. The van der Waals surface area contributed by atoms with Gasteiger partial charge in [-0.1, -0.05) is 0 Å². The van der Waals surface area contributed by atoms with E-state index in [0.29, 0.717) is 5.69 Å². The van der Waals surface area contributed by atoms with Crippen molar-refractivity contribution < 1.29 is 33.9 Å². The highest BCUT2D eigenvalue weighted by Crippen LogP contribution is 2.06. The van der Waals surface area contributed by atoms with Crippen LogP contribution in [0.15, 0.2) is 17.5 Å². The molecule has 1 aromatic heterocycles. The SMILES string of the molecule is NC(=O)CCC(NC(=O)C(CCCN=C(N)N)NC(=O)C(CCC(N)=O)NC(=O)C(N)Cc1cnc[nH]1)C(=O)O. The fourth-order valence-corrected chi connectivity index (χ4v) is 3.42. The number of guanidine groups is 1. The van der Waals surface area contributed by atoms with Crippen LogP contribution in [0.25, 0.3) is 0 Å². The van der Waals surface area contributed by atoms with Gasteiger partial charge in [-0.15, -0.1) is 0 Å². The number of amides is 5. The maximum atomic E-state index is 13.2. The first-order valence-corrected chi connectivity index (χ1v) is 12.3. The van der Waals surface area contributed by atoms with Crippen LogP contribution in [0.1, 0.15) is 44.2 Å². The largest absolute Gasteiger partial charge is 0.480 e. The van der Waals surface area contributed by atoms with E-state index in [1.165, 1.54) is 12.5 Å². The van der Waals surface area contributed by atoms with Crippen molar-refractivity contribution in [2.24, 2.45) is 33.7 Å². The number of nitrogens with one attached hydrogen (secondary N) is 4. The Morgan fingerprint density at radius 3 is 1.88 bits per heavy atom. The van der Waals surface area contributed by atoms with Gasteiger partial charge in [0.25, 0.3) is 0 Å². The third-order valence-electron chi connectivity index (χ3n) is 5.52. The molecule has 0 aliphatic heterocycles. The van der Waals surface area contributed by atoms with E-state index in [9.17, 15) is 33.9 Å². The van der Waals surface area contributed by atoms with Gasteiger partial charge in [0.1, 0.15) is 18.1 Å². The van der Waals surface area contributed by atoms with Gasteiger partial charge in [0.15, 0.2) is 5.96 Å². The van der Waals surface area contributed by atoms with Crippen molar-refractivity contribution in [1.82, 2.24) is 25.9 Å². The second-order valence-corrected chi connectivity index (χ2v) is 8.87. The van der Waals surface area contributed by atoms with E-state index in [1.54, 1.807) is 0 Å². The molecular weight excluding hydrogens is 530 g/mol. The molecule has 18 heteroatoms. The van der Waals surface area contributed by atoms with E-state index in [4.69, 9.17) is 28.7 Å². The topological polar surface area (TPSA) is 330 Å². The molecule has 0 spiro atoms. The van der Waals surface area contributed by atoms with Crippen molar-refractivity contribution in [3.8, 4) is 0 Å². The van der Waals surface area contributed by atoms with E-state index in [-0.39, 0.29) is 57.5 Å². The van der Waals surface area contributed by atoms with Crippen LogP contribution in [0.3, 0.4) is 0 Å². The predicted molar refractivity (Wildman–Crippen MR) is 140 cm³/mol. The Hall–Kier alpha value is -4.74. The third kappa shape index (κ3) is 13.2. The Balaban J connectivity index is 3.04. The molecule has 222 valence electrons. The fourth-order valence-electron chi connectivity index (χ4n) is 3.42. The minimum absolute atomic E-state index is 0.0354. The molecule has 1 rings (SSSR count). The van der Waals surface area contributed by atoms with Crippen LogP contribution in [0, 0.1) is 0 Å². The van der Waals surface area contributed by atoms with Crippen LogP contribution in [0.2, 0.25) is 0 Å². The lowest BCUT2D eigenvalue weighted by atomic mass is 10.0. The molecule has 1 heterocycles. The Morgan fingerprint density at radius 1 is 0.850 bits per heavy atom. The van der Waals surface area contributed by atoms with Gasteiger partial charge >= 0.3 is 5.97 Å². The Bertz CT molecular complexity index is 1060. The van der Waals surface area contributed by atoms with Crippen LogP contribution in [0.5, 0.6) is 0 Å². The van der Waals surface area contributed by atoms with Gasteiger partial charge in [0.05, 0.1) is 12.4 Å². The van der Waals surface area contributed by atoms with E-state index in [0.717, 1.165) is 0 Å². The first kappa shape index (κ1) is 33.3. The molecule has 0 radical (unpaired) electrons. The smallest absolute Gasteiger partial charge is 0.326 e. The molecule has 0 saturated carbocycles. The highest BCUT2D eigenvalue weighted by molar-refractivity contribution is 5.94. The first-order valence-electron chi connectivity index (χ1n) is 12.3. The molecule has 0 saturated heterocycles. The number of primary amides is 2. The number of carbonyl (C=O) groups is 6. The molecule has 0 aliphatic rings. The van der Waals surface area contributed by atoms with Crippen LogP contribution in [-0.4, -0.2) is 87.3 Å². The average Bonchev–Trinajstić information content (AvgIpc) is 3.38. The Morgan fingerprint density at radius 2 is 1.38 bits per heavy atom. The van der Waals surface area contributed by atoms with Crippen molar-refractivity contribution in [2.45, 2.75) is 69.1 Å². The molecule has 0 aromatic carbocycles. The molecular formula is C22H37N11O7. The molecule has 0 bridgehead atoms. The number of aromatic amines is 1. The normalized spacial score (nSPS) is 13.6. The van der Waals surface area contributed by atoms with Crippen LogP contribution in [-0.2, 0) is 35.2 Å². The van der Waals surface area contributed by atoms with E-state index in [1.807, 2.05) is 0 Å². The van der Waals surface area contributed by atoms with E-state index in [2.05, 4.69) is 30.9 Å². The van der Waals surface area contributed by atoms with Gasteiger partial charge < -0.3 is 54.7 Å². The van der Waals surface area contributed by atoms with Gasteiger partial charge in [-0.2, -0.15) is 0 Å². The van der Waals surface area contributed by atoms with Crippen LogP contribution in [0.4, 0.5) is 0 Å². The Labute approximate surface area is 229 Å². The molecule has 4 atom stereocenters. The lowest BCUT2D eigenvalue weighted by Crippen LogP contribution is -2.57. The molecule has 4 unspecified atom stereocenters. The number of aromatic nitrogens is 2. The lowest BCUT2D eigenvalue weighted by molar-refractivity contribution is -0.142. The van der Waals surface area contributed by atoms with Gasteiger partial charge in [-0.3, -0.25) is 29.0 Å². The molecule has 0 fully saturated rings. The van der Waals surface area contributed by atoms with Gasteiger partial charge in [0.2, 0.25) is 29.5 Å². The molecule has 1 aromatic rings. The van der Waals surface area contributed by atoms with Gasteiger partial charge in [-0.25, -0.2) is 9.78 Å². The zero-order chi connectivity index (χ0) is 30.2. The Kier molecular flexibility index (Phi) is 14.1. The number of nitrogens with two attached hydrogens (primary N) is 5. The number of carboxylic acids is 1. The van der Waals surface area contributed by atoms with Crippen molar-refractivity contribution >= 4 is 41.5 Å². The lowest BCUT2D eigenvalue weighted by Gasteiger charge is -2.25. The number of hydrogen-bond donors (Lipinski definition) is 10. The minimum Gasteiger partial charge on any atom is -0.480 e. The number of carbonyl (C=O) groups excluding carboxylic acids is 5. The molecule has 5 amide bonds. The van der Waals surface area contributed by atoms with Crippen LogP contribution >= 0.6 is 0 Å². The second-order valence-electron chi connectivity index (χ2n) is 8.87. The molecule has 40 heavy (non-hydrogen) atoms. The quantitative estimate of drug-likeness (QED) is 0.0430. The fraction of sp³-hybridized carbons (Fsp3) is 0.545. The van der Waals surface area contributed by atoms with E-state index >= 15 is 0 Å². The highest BCUT2D eigenvalue weighted by atomic mass is 16.4. The summed E-state index contributed by atoms with van der Waals surface area (Å²) in [6.07, 6.45) is 2.05. The van der Waals surface area contributed by atoms with Gasteiger partial charge in [0, 0.05) is 37.7 Å². The summed E-state index contributed by atoms with van der Waals surface area (Å²) in [5, 5.41) is 16.6. The summed E-state index contributed by atoms with van der Waals surface area (Å²) in [6, 6.07) is -5.16. The first-order chi connectivity index (χ1) is 18.8. The summed E-state index contributed by atoms with van der Waals surface area (Å²) in [5.41, 5.74) is 27.4. The zero-order valence-corrected chi connectivity index (χ0v) is 21.8. The number of aliphatic carboxylic acids is 1. The third-order valence-corrected chi connectivity index (χ3v) is 5.52. The number of aliphatic imine (C=N–C) groups is 1. The van der Waals surface area contributed by atoms with Crippen molar-refractivity contribution in [3.05, 3.63) is 18.2 Å². The summed E-state index contributed by atoms with van der Waals surface area (Å²) in [7, 11) is 0. The van der Waals surface area contributed by atoms with E-state index < -0.39 is 59.7 Å². The second kappa shape index (κ2) is 17.0. The van der Waals surface area contributed by atoms with Crippen molar-refractivity contribution in [2.75, 3.05) is 6.54 Å². The predicted octanol–water partition coefficient (Wildman–Crippen LogP) is -4.60.